The lowest BCUT2D eigenvalue weighted by Crippen LogP contribution is -2.17. The smallest absolute Gasteiger partial charge is 0.310 e. The molecule has 0 bridgehead atoms. The quantitative estimate of drug-likeness (QED) is 0.101. The largest absolute Gasteiger partial charge is 0.489 e. The van der Waals surface area contributed by atoms with Crippen molar-refractivity contribution in [1.82, 2.24) is 0 Å². The molecule has 0 aromatic heterocycles. The van der Waals surface area contributed by atoms with Gasteiger partial charge in [-0.1, -0.05) is 72.8 Å². The van der Waals surface area contributed by atoms with Gasteiger partial charge in [0, 0.05) is 25.0 Å². The van der Waals surface area contributed by atoms with Crippen LogP contribution in [-0.2, 0) is 45.1 Å². The Morgan fingerprint density at radius 3 is 1.38 bits per heavy atom. The van der Waals surface area contributed by atoms with Crippen LogP contribution in [0.2, 0.25) is 0 Å². The number of hydrogen-bond donors (Lipinski definition) is 0. The van der Waals surface area contributed by atoms with E-state index in [9.17, 15) is 19.2 Å². The van der Waals surface area contributed by atoms with Crippen LogP contribution < -0.4 is 18.9 Å². The number of carbonyl (C=O) groups excluding carboxylic acids is 4. The molecule has 60 heavy (non-hydrogen) atoms. The van der Waals surface area contributed by atoms with Gasteiger partial charge in [-0.2, -0.15) is 0 Å². The second-order valence-electron chi connectivity index (χ2n) is 14.6. The summed E-state index contributed by atoms with van der Waals surface area (Å²) in [7, 11) is 0. The van der Waals surface area contributed by atoms with Crippen LogP contribution in [0.15, 0.2) is 109 Å². The lowest BCUT2D eigenvalue weighted by molar-refractivity contribution is -0.143. The molecule has 0 spiro atoms. The Hall–Kier alpha value is -6.16. The number of benzene rings is 4. The fourth-order valence-corrected chi connectivity index (χ4v) is 6.84. The van der Waals surface area contributed by atoms with Crippen LogP contribution >= 0.6 is 0 Å². The van der Waals surface area contributed by atoms with Crippen LogP contribution in [0.25, 0.3) is 0 Å². The first-order valence-electron chi connectivity index (χ1n) is 20.8. The molecule has 1 heterocycles. The van der Waals surface area contributed by atoms with E-state index in [1.165, 1.54) is 0 Å². The molecule has 10 nitrogen and oxygen atoms in total. The summed E-state index contributed by atoms with van der Waals surface area (Å²) >= 11 is 0. The summed E-state index contributed by atoms with van der Waals surface area (Å²) in [4.78, 5) is 53.8. The molecular formula is C50H56O10. The van der Waals surface area contributed by atoms with E-state index in [1.807, 2.05) is 98.8 Å². The predicted octanol–water partition coefficient (Wildman–Crippen LogP) is 10.1. The van der Waals surface area contributed by atoms with Crippen LogP contribution in [-0.4, -0.2) is 48.9 Å². The molecule has 5 rings (SSSR count). The lowest BCUT2D eigenvalue weighted by atomic mass is 9.95. The molecule has 0 N–H and O–H groups in total. The van der Waals surface area contributed by atoms with Crippen molar-refractivity contribution >= 4 is 23.5 Å². The van der Waals surface area contributed by atoms with Gasteiger partial charge in [-0.25, -0.2) is 0 Å². The minimum absolute atomic E-state index is 0.122. The van der Waals surface area contributed by atoms with Gasteiger partial charge in [0.1, 0.15) is 48.4 Å². The Kier molecular flexibility index (Phi) is 17.6. The zero-order valence-corrected chi connectivity index (χ0v) is 35.1. The molecule has 0 aliphatic carbocycles. The summed E-state index contributed by atoms with van der Waals surface area (Å²) in [6.07, 6.45) is 8.98. The second-order valence-corrected chi connectivity index (χ2v) is 14.6. The summed E-state index contributed by atoms with van der Waals surface area (Å²) in [5.74, 6) is 0.333. The highest BCUT2D eigenvalue weighted by Gasteiger charge is 2.25. The first-order valence-corrected chi connectivity index (χ1v) is 20.8. The maximum atomic E-state index is 14.1. The third kappa shape index (κ3) is 14.0. The number of hydrogen-bond acceptors (Lipinski definition) is 10. The monoisotopic (exact) mass is 816 g/mol. The Balaban J connectivity index is 1.44. The molecule has 0 amide bonds. The first kappa shape index (κ1) is 44.9. The zero-order chi connectivity index (χ0) is 42.7. The van der Waals surface area contributed by atoms with Gasteiger partial charge in [0.05, 0.1) is 37.2 Å². The Bertz CT molecular complexity index is 1950. The molecule has 4 aromatic rings. The van der Waals surface area contributed by atoms with Crippen molar-refractivity contribution in [3.63, 3.8) is 0 Å². The number of rotatable bonds is 12. The predicted molar refractivity (Wildman–Crippen MR) is 230 cm³/mol. The molecule has 4 aromatic carbocycles. The van der Waals surface area contributed by atoms with Crippen LogP contribution in [0.3, 0.4) is 0 Å². The maximum absolute atomic E-state index is 14.1. The van der Waals surface area contributed by atoms with E-state index in [0.717, 1.165) is 11.1 Å². The average Bonchev–Trinajstić information content (AvgIpc) is 3.22. The van der Waals surface area contributed by atoms with E-state index < -0.39 is 24.1 Å². The minimum Gasteiger partial charge on any atom is -0.489 e. The van der Waals surface area contributed by atoms with Crippen molar-refractivity contribution in [3.05, 3.63) is 143 Å². The summed E-state index contributed by atoms with van der Waals surface area (Å²) in [5, 5.41) is 0. The Morgan fingerprint density at radius 1 is 0.600 bits per heavy atom. The van der Waals surface area contributed by atoms with Crippen LogP contribution in [0.4, 0.5) is 0 Å². The molecule has 0 fully saturated rings. The van der Waals surface area contributed by atoms with Gasteiger partial charge in [0.15, 0.2) is 11.6 Å². The van der Waals surface area contributed by atoms with Gasteiger partial charge < -0.3 is 28.4 Å². The fourth-order valence-electron chi connectivity index (χ4n) is 6.84. The molecule has 1 aliphatic rings. The van der Waals surface area contributed by atoms with Crippen molar-refractivity contribution in [2.75, 3.05) is 13.2 Å². The van der Waals surface area contributed by atoms with Gasteiger partial charge in [-0.3, -0.25) is 19.2 Å². The molecule has 316 valence electrons. The van der Waals surface area contributed by atoms with Crippen LogP contribution in [0.1, 0.15) is 109 Å². The molecule has 0 saturated carbocycles. The van der Waals surface area contributed by atoms with E-state index in [4.69, 9.17) is 28.4 Å². The third-order valence-corrected chi connectivity index (χ3v) is 9.64. The topological polar surface area (TPSA) is 124 Å². The van der Waals surface area contributed by atoms with Gasteiger partial charge >= 0.3 is 11.9 Å². The molecule has 1 aliphatic heterocycles. The molecule has 2 atom stereocenters. The highest BCUT2D eigenvalue weighted by Crippen LogP contribution is 2.35. The molecule has 0 radical (unpaired) electrons. The molecule has 0 saturated heterocycles. The van der Waals surface area contributed by atoms with E-state index in [0.29, 0.717) is 70.9 Å². The van der Waals surface area contributed by atoms with E-state index in [1.54, 1.807) is 38.1 Å². The van der Waals surface area contributed by atoms with Gasteiger partial charge in [0.2, 0.25) is 0 Å². The SMILES string of the molecule is CCOC(=O)Cc1cc(OCc2ccccc2)cc2c1C(=O)CCC/C=C\C(C)Oc1cc(OCc3ccccc3)cc(CC(=O)OCC)c1C(=O)CCC/C=C\C(C)O2. The fraction of sp³-hybridized carbons (Fsp3) is 0.360. The number of allylic oxidation sites excluding steroid dienone is 2. The summed E-state index contributed by atoms with van der Waals surface area (Å²) in [6, 6.07) is 26.3. The van der Waals surface area contributed by atoms with Gasteiger partial charge in [-0.05, 0) is 99.9 Å². The minimum atomic E-state index is -0.471. The Labute approximate surface area is 353 Å². The van der Waals surface area contributed by atoms with Crippen LogP contribution in [0, 0.1) is 0 Å². The van der Waals surface area contributed by atoms with Gasteiger partial charge in [0.25, 0.3) is 0 Å². The van der Waals surface area contributed by atoms with Crippen molar-refractivity contribution < 1.29 is 47.6 Å². The number of carbonyl (C=O) groups is 4. The number of fused-ring (bicyclic) bond motifs is 2. The third-order valence-electron chi connectivity index (χ3n) is 9.64. The van der Waals surface area contributed by atoms with E-state index in [-0.39, 0.29) is 63.7 Å². The standard InChI is InChI=1S/C50H56O10/c1-5-55-47(53)29-39-27-41(57-33-37-21-13-9-14-22-37)31-45-49(39)43(51)25-17-7-11-20-36(4)60-46-32-42(58-34-38-23-15-10-16-24-38)28-40(30-48(54)56-6-2)50(46)44(52)26-18-8-12-19-35(3)59-45/h9-16,19-24,27-28,31-32,35-36H,5-8,17-18,25-26,29-30,33-34H2,1-4H3/b19-12-,20-11-. The molecule has 2 unspecified atom stereocenters. The van der Waals surface area contributed by atoms with Crippen molar-refractivity contribution in [2.45, 2.75) is 104 Å². The Morgan fingerprint density at radius 2 is 1.00 bits per heavy atom. The van der Waals surface area contributed by atoms with Crippen molar-refractivity contribution in [1.29, 1.82) is 0 Å². The van der Waals surface area contributed by atoms with Crippen molar-refractivity contribution in [2.24, 2.45) is 0 Å². The summed E-state index contributed by atoms with van der Waals surface area (Å²) in [6.45, 7) is 8.20. The van der Waals surface area contributed by atoms with Crippen LogP contribution in [0.5, 0.6) is 23.0 Å². The second kappa shape index (κ2) is 23.4. The highest BCUT2D eigenvalue weighted by atomic mass is 16.5. The van der Waals surface area contributed by atoms with Crippen molar-refractivity contribution in [3.8, 4) is 23.0 Å². The number of ketones is 2. The zero-order valence-electron chi connectivity index (χ0n) is 35.1. The summed E-state index contributed by atoms with van der Waals surface area (Å²) in [5.41, 5.74) is 3.53. The van der Waals surface area contributed by atoms with E-state index >= 15 is 0 Å². The lowest BCUT2D eigenvalue weighted by Gasteiger charge is -2.20. The molecule has 10 heteroatoms. The van der Waals surface area contributed by atoms with Gasteiger partial charge in [-0.15, -0.1) is 0 Å². The normalized spacial score (nSPS) is 17.4. The first-order chi connectivity index (χ1) is 29.1. The highest BCUT2D eigenvalue weighted by molar-refractivity contribution is 6.02. The number of ether oxygens (including phenoxy) is 6. The molecular weight excluding hydrogens is 761 g/mol. The maximum Gasteiger partial charge on any atom is 0.310 e. The van der Waals surface area contributed by atoms with E-state index in [2.05, 4.69) is 0 Å². The average molecular weight is 817 g/mol. The summed E-state index contributed by atoms with van der Waals surface area (Å²) < 4.78 is 35.8. The number of Topliss-reactive ketones (excluding diaryl/α,β-unsaturated/α-hetero) is 2. The number of esters is 2.